The highest BCUT2D eigenvalue weighted by Gasteiger charge is 2.52. The van der Waals surface area contributed by atoms with Crippen LogP contribution in [0.3, 0.4) is 0 Å². The lowest BCUT2D eigenvalue weighted by atomic mass is 9.97. The highest BCUT2D eigenvalue weighted by atomic mass is 16.5. The van der Waals surface area contributed by atoms with Crippen molar-refractivity contribution in [2.45, 2.75) is 18.3 Å². The van der Waals surface area contributed by atoms with E-state index in [0.717, 1.165) is 36.6 Å². The molecule has 0 bridgehead atoms. The lowest BCUT2D eigenvalue weighted by Crippen LogP contribution is -2.08. The average molecular weight is 361 g/mol. The molecule has 2 N–H and O–H groups in total. The Kier molecular flexibility index (Phi) is 2.70. The molecule has 4 aliphatic rings. The highest BCUT2D eigenvalue weighted by molar-refractivity contribution is 5.56. The zero-order chi connectivity index (χ0) is 18.0. The molecule has 1 aromatic carbocycles. The molecular formula is C19H15N5O3. The third kappa shape index (κ3) is 2.19. The number of aromatic nitrogens is 5. The van der Waals surface area contributed by atoms with Gasteiger partial charge in [-0.05, 0) is 31.0 Å². The van der Waals surface area contributed by atoms with Crippen LogP contribution in [0.2, 0.25) is 0 Å². The van der Waals surface area contributed by atoms with E-state index in [4.69, 9.17) is 9.47 Å². The van der Waals surface area contributed by atoms with Gasteiger partial charge < -0.3 is 14.5 Å². The first-order valence-corrected chi connectivity index (χ1v) is 8.78. The van der Waals surface area contributed by atoms with E-state index in [1.165, 1.54) is 5.56 Å². The summed E-state index contributed by atoms with van der Waals surface area (Å²) in [4.78, 5) is 22.1. The summed E-state index contributed by atoms with van der Waals surface area (Å²) in [5.41, 5.74) is 2.40. The summed E-state index contributed by atoms with van der Waals surface area (Å²) >= 11 is 0. The number of H-pyrrole nitrogens is 2. The zero-order valence-corrected chi connectivity index (χ0v) is 14.2. The van der Waals surface area contributed by atoms with Gasteiger partial charge in [0.15, 0.2) is 5.82 Å². The fourth-order valence-corrected chi connectivity index (χ4v) is 3.72. The molecule has 0 unspecified atom stereocenters. The average Bonchev–Trinajstić information content (AvgIpc) is 3.00. The number of fused-ring (bicyclic) bond motifs is 3. The Morgan fingerprint density at radius 3 is 2.93 bits per heavy atom. The monoisotopic (exact) mass is 361 g/mol. The second-order valence-electron chi connectivity index (χ2n) is 7.07. The van der Waals surface area contributed by atoms with E-state index in [1.54, 1.807) is 17.1 Å². The van der Waals surface area contributed by atoms with Crippen LogP contribution >= 0.6 is 0 Å². The van der Waals surface area contributed by atoms with E-state index in [1.807, 2.05) is 30.3 Å². The molecule has 0 amide bonds. The molecule has 1 spiro atoms. The summed E-state index contributed by atoms with van der Waals surface area (Å²) in [6.45, 7) is 0.741. The van der Waals surface area contributed by atoms with Crippen molar-refractivity contribution in [1.29, 1.82) is 0 Å². The number of rotatable bonds is 3. The second-order valence-corrected chi connectivity index (χ2v) is 7.07. The minimum absolute atomic E-state index is 0.139. The van der Waals surface area contributed by atoms with E-state index < -0.39 is 0 Å². The minimum atomic E-state index is -0.363. The van der Waals surface area contributed by atoms with Crippen molar-refractivity contribution < 1.29 is 9.47 Å². The first kappa shape index (κ1) is 14.6. The molecular weight excluding hydrogens is 346 g/mol. The Morgan fingerprint density at radius 2 is 2.15 bits per heavy atom. The fraction of sp³-hybridized carbons (Fsp3) is 0.211. The Bertz CT molecular complexity index is 1150. The van der Waals surface area contributed by atoms with Crippen molar-refractivity contribution in [2.24, 2.45) is 0 Å². The van der Waals surface area contributed by atoms with E-state index in [-0.39, 0.29) is 11.1 Å². The number of hydrogen-bond donors (Lipinski definition) is 2. The number of nitrogens with zero attached hydrogens (tertiary/aromatic N) is 3. The normalized spacial score (nSPS) is 16.4. The second kappa shape index (κ2) is 5.00. The smallest absolute Gasteiger partial charge is 0.347 e. The molecule has 4 heterocycles. The number of nitrogens with one attached hydrogen (secondary N) is 2. The number of pyridine rings is 1. The van der Waals surface area contributed by atoms with Gasteiger partial charge in [-0.2, -0.15) is 4.98 Å². The van der Waals surface area contributed by atoms with Gasteiger partial charge in [0, 0.05) is 17.0 Å². The first-order valence-electron chi connectivity index (χ1n) is 8.78. The number of hydrogen-bond acceptors (Lipinski definition) is 5. The van der Waals surface area contributed by atoms with Gasteiger partial charge in [-0.3, -0.25) is 9.78 Å². The topological polar surface area (TPSA) is 97.8 Å². The lowest BCUT2D eigenvalue weighted by molar-refractivity contribution is 0.323. The molecule has 1 aromatic heterocycles. The molecule has 134 valence electrons. The zero-order valence-electron chi connectivity index (χ0n) is 14.2. The third-order valence-corrected chi connectivity index (χ3v) is 5.28. The maximum absolute atomic E-state index is 11.2. The van der Waals surface area contributed by atoms with Gasteiger partial charge in [0.2, 0.25) is 5.88 Å². The van der Waals surface area contributed by atoms with Crippen LogP contribution in [-0.2, 0) is 5.41 Å². The SMILES string of the molecule is O=c1nc2[nH]n(-c3ccc(Oc4cccc5c4C4(CC4)CO5)nc3)cc-2[nH]1. The van der Waals surface area contributed by atoms with Gasteiger partial charge in [-0.25, -0.2) is 9.78 Å². The minimum Gasteiger partial charge on any atom is -0.492 e. The van der Waals surface area contributed by atoms with E-state index in [9.17, 15) is 4.79 Å². The Hall–Kier alpha value is -3.55. The van der Waals surface area contributed by atoms with Gasteiger partial charge in [0.25, 0.3) is 0 Å². The van der Waals surface area contributed by atoms with Crippen LogP contribution in [0.25, 0.3) is 17.2 Å². The maximum atomic E-state index is 11.2. The van der Waals surface area contributed by atoms with Crippen LogP contribution in [0.5, 0.6) is 17.4 Å². The van der Waals surface area contributed by atoms with Gasteiger partial charge in [0.1, 0.15) is 17.2 Å². The van der Waals surface area contributed by atoms with Gasteiger partial charge >= 0.3 is 5.69 Å². The van der Waals surface area contributed by atoms with Crippen molar-refractivity contribution in [3.8, 4) is 34.6 Å². The van der Waals surface area contributed by atoms with E-state index in [0.29, 0.717) is 17.4 Å². The molecule has 2 aromatic rings. The molecule has 1 aliphatic carbocycles. The Balaban J connectivity index is 1.30. The van der Waals surface area contributed by atoms with Gasteiger partial charge in [-0.1, -0.05) is 6.07 Å². The molecule has 0 radical (unpaired) electrons. The van der Waals surface area contributed by atoms with Crippen LogP contribution in [0.1, 0.15) is 18.4 Å². The summed E-state index contributed by atoms with van der Waals surface area (Å²) in [6.07, 6.45) is 5.75. The van der Waals surface area contributed by atoms with Gasteiger partial charge in [0.05, 0.1) is 24.7 Å². The summed E-state index contributed by atoms with van der Waals surface area (Å²) in [6, 6.07) is 9.62. The van der Waals surface area contributed by atoms with Crippen LogP contribution in [0, 0.1) is 0 Å². The predicted octanol–water partition coefficient (Wildman–Crippen LogP) is 2.60. The van der Waals surface area contributed by atoms with Crippen LogP contribution in [-0.4, -0.2) is 31.3 Å². The standard InChI is InChI=1S/C19H15N5O3/c25-18-21-12-9-24(23-17(12)22-18)11-4-5-15(20-8-11)27-14-3-1-2-13-16(14)19(6-7-19)10-26-13/h1-5,8-9H,6-7,10H2,(H2,21,22,23,25). The van der Waals surface area contributed by atoms with Crippen LogP contribution in [0.4, 0.5) is 0 Å². The number of aromatic amines is 2. The summed E-state index contributed by atoms with van der Waals surface area (Å²) in [5, 5.41) is 3.03. The quantitative estimate of drug-likeness (QED) is 0.584. The molecule has 27 heavy (non-hydrogen) atoms. The molecule has 0 saturated heterocycles. The molecule has 1 saturated carbocycles. The van der Waals surface area contributed by atoms with Crippen molar-refractivity contribution in [1.82, 2.24) is 24.7 Å². The van der Waals surface area contributed by atoms with Crippen molar-refractivity contribution in [2.75, 3.05) is 6.61 Å². The molecule has 8 nitrogen and oxygen atoms in total. The first-order chi connectivity index (χ1) is 13.2. The number of benzene rings is 1. The third-order valence-electron chi connectivity index (χ3n) is 5.28. The molecule has 8 heteroatoms. The maximum Gasteiger partial charge on any atom is 0.347 e. The Labute approximate surface area is 153 Å². The van der Waals surface area contributed by atoms with Crippen LogP contribution in [0.15, 0.2) is 47.5 Å². The largest absolute Gasteiger partial charge is 0.492 e. The summed E-state index contributed by atoms with van der Waals surface area (Å²) in [7, 11) is 0. The van der Waals surface area contributed by atoms with Crippen molar-refractivity contribution in [3.63, 3.8) is 0 Å². The number of ether oxygens (including phenoxy) is 2. The van der Waals surface area contributed by atoms with Crippen LogP contribution < -0.4 is 15.2 Å². The number of imidazole rings is 1. The predicted molar refractivity (Wildman–Crippen MR) is 95.9 cm³/mol. The highest BCUT2D eigenvalue weighted by Crippen LogP contribution is 2.58. The van der Waals surface area contributed by atoms with Crippen molar-refractivity contribution >= 4 is 0 Å². The van der Waals surface area contributed by atoms with Gasteiger partial charge in [-0.15, -0.1) is 0 Å². The molecule has 0 atom stereocenters. The summed E-state index contributed by atoms with van der Waals surface area (Å²) < 4.78 is 13.6. The van der Waals surface area contributed by atoms with E-state index >= 15 is 0 Å². The summed E-state index contributed by atoms with van der Waals surface area (Å²) in [5.74, 6) is 2.77. The fourth-order valence-electron chi connectivity index (χ4n) is 3.72. The van der Waals surface area contributed by atoms with E-state index in [2.05, 4.69) is 20.1 Å². The molecule has 6 rings (SSSR count). The lowest BCUT2D eigenvalue weighted by Gasteiger charge is -2.12. The van der Waals surface area contributed by atoms with Crippen molar-refractivity contribution in [3.05, 3.63) is 58.8 Å². The Morgan fingerprint density at radius 1 is 1.22 bits per heavy atom. The molecule has 3 aliphatic heterocycles. The molecule has 1 fully saturated rings.